The number of anilines is 1. The molecule has 1 aromatic carbocycles. The van der Waals surface area contributed by atoms with Crippen LogP contribution >= 0.6 is 0 Å². The molecule has 1 fully saturated rings. The van der Waals surface area contributed by atoms with Gasteiger partial charge in [0, 0.05) is 17.8 Å². The van der Waals surface area contributed by atoms with Crippen molar-refractivity contribution in [3.63, 3.8) is 0 Å². The van der Waals surface area contributed by atoms with E-state index in [0.717, 1.165) is 18.5 Å². The zero-order valence-electron chi connectivity index (χ0n) is 11.5. The van der Waals surface area contributed by atoms with Gasteiger partial charge >= 0.3 is 0 Å². The van der Waals surface area contributed by atoms with Crippen LogP contribution in [0.1, 0.15) is 32.3 Å². The first kappa shape index (κ1) is 14.3. The maximum absolute atomic E-state index is 10.8. The molecule has 20 heavy (non-hydrogen) atoms. The Kier molecular flexibility index (Phi) is 4.20. The van der Waals surface area contributed by atoms with Gasteiger partial charge in [0.05, 0.1) is 17.1 Å². The van der Waals surface area contributed by atoms with E-state index in [2.05, 4.69) is 5.32 Å². The lowest BCUT2D eigenvalue weighted by Gasteiger charge is -2.33. The van der Waals surface area contributed by atoms with Crippen molar-refractivity contribution in [1.29, 1.82) is 5.26 Å². The number of nitro groups is 1. The van der Waals surface area contributed by atoms with Crippen molar-refractivity contribution in [2.75, 3.05) is 5.32 Å². The molecule has 6 nitrogen and oxygen atoms in total. The third-order valence-corrected chi connectivity index (χ3v) is 3.38. The first-order valence-corrected chi connectivity index (χ1v) is 6.60. The lowest BCUT2D eigenvalue weighted by atomic mass is 9.99. The van der Waals surface area contributed by atoms with Gasteiger partial charge < -0.3 is 10.1 Å². The van der Waals surface area contributed by atoms with Crippen LogP contribution in [-0.2, 0) is 4.74 Å². The molecule has 1 aliphatic rings. The van der Waals surface area contributed by atoms with Gasteiger partial charge in [-0.25, -0.2) is 0 Å². The van der Waals surface area contributed by atoms with Crippen LogP contribution in [0.25, 0.3) is 0 Å². The molecule has 2 unspecified atom stereocenters. The Bertz CT molecular complexity index is 543. The molecule has 1 aliphatic heterocycles. The number of hydrogen-bond acceptors (Lipinski definition) is 5. The van der Waals surface area contributed by atoms with E-state index in [1.54, 1.807) is 6.07 Å². The van der Waals surface area contributed by atoms with Crippen LogP contribution in [0.5, 0.6) is 0 Å². The molecule has 0 spiro atoms. The van der Waals surface area contributed by atoms with E-state index >= 15 is 0 Å². The molecule has 2 atom stereocenters. The number of nitrogens with one attached hydrogen (secondary N) is 1. The van der Waals surface area contributed by atoms with Crippen LogP contribution in [0.2, 0.25) is 0 Å². The van der Waals surface area contributed by atoms with Crippen LogP contribution < -0.4 is 5.32 Å². The second-order valence-electron chi connectivity index (χ2n) is 5.17. The first-order chi connectivity index (χ1) is 9.49. The average molecular weight is 275 g/mol. The fourth-order valence-electron chi connectivity index (χ4n) is 2.63. The molecule has 6 heteroatoms. The quantitative estimate of drug-likeness (QED) is 0.676. The fraction of sp³-hybridized carbons (Fsp3) is 0.500. The Morgan fingerprint density at radius 1 is 1.40 bits per heavy atom. The van der Waals surface area contributed by atoms with E-state index in [1.165, 1.54) is 12.1 Å². The minimum atomic E-state index is -0.541. The van der Waals surface area contributed by atoms with Crippen molar-refractivity contribution in [1.82, 2.24) is 0 Å². The number of nitro benzene ring substituents is 1. The SMILES string of the molecule is CC1CC(Nc2ccc([N+](=O)[O-])c(C#N)c2)CC(C)O1. The third kappa shape index (κ3) is 3.25. The Hall–Kier alpha value is -2.13. The van der Waals surface area contributed by atoms with Gasteiger partial charge in [0.25, 0.3) is 5.69 Å². The number of hydrogen-bond donors (Lipinski definition) is 1. The molecule has 0 saturated carbocycles. The normalized spacial score (nSPS) is 25.8. The number of nitrogens with zero attached hydrogens (tertiary/aromatic N) is 2. The summed E-state index contributed by atoms with van der Waals surface area (Å²) in [7, 11) is 0. The Labute approximate surface area is 117 Å². The molecule has 0 aliphatic carbocycles. The summed E-state index contributed by atoms with van der Waals surface area (Å²) in [5.74, 6) is 0. The number of nitriles is 1. The van der Waals surface area contributed by atoms with Crippen molar-refractivity contribution in [3.8, 4) is 6.07 Å². The Morgan fingerprint density at radius 3 is 2.60 bits per heavy atom. The number of benzene rings is 1. The molecule has 1 N–H and O–H groups in total. The second-order valence-corrected chi connectivity index (χ2v) is 5.17. The van der Waals surface area contributed by atoms with E-state index in [1.807, 2.05) is 19.9 Å². The topological polar surface area (TPSA) is 88.2 Å². The molecule has 1 aromatic rings. The highest BCUT2D eigenvalue weighted by Crippen LogP contribution is 2.26. The van der Waals surface area contributed by atoms with Crippen molar-refractivity contribution in [2.45, 2.75) is 44.9 Å². The second kappa shape index (κ2) is 5.88. The monoisotopic (exact) mass is 275 g/mol. The Morgan fingerprint density at radius 2 is 2.05 bits per heavy atom. The zero-order chi connectivity index (χ0) is 14.7. The molecular formula is C14H17N3O3. The van der Waals surface area contributed by atoms with E-state index in [9.17, 15) is 10.1 Å². The van der Waals surface area contributed by atoms with Gasteiger partial charge in [-0.3, -0.25) is 10.1 Å². The minimum absolute atomic E-state index is 0.0770. The van der Waals surface area contributed by atoms with Gasteiger partial charge in [0.2, 0.25) is 0 Å². The summed E-state index contributed by atoms with van der Waals surface area (Å²) in [6.07, 6.45) is 2.13. The molecule has 0 amide bonds. The molecule has 1 heterocycles. The van der Waals surface area contributed by atoms with Crippen molar-refractivity contribution < 1.29 is 9.66 Å². The third-order valence-electron chi connectivity index (χ3n) is 3.38. The van der Waals surface area contributed by atoms with Crippen LogP contribution in [0.3, 0.4) is 0 Å². The van der Waals surface area contributed by atoms with E-state index < -0.39 is 4.92 Å². The molecule has 0 bridgehead atoms. The van der Waals surface area contributed by atoms with Crippen LogP contribution in [0, 0.1) is 21.4 Å². The van der Waals surface area contributed by atoms with Gasteiger partial charge in [0.15, 0.2) is 0 Å². The van der Waals surface area contributed by atoms with Crippen molar-refractivity contribution >= 4 is 11.4 Å². The predicted molar refractivity (Wildman–Crippen MR) is 74.5 cm³/mol. The summed E-state index contributed by atoms with van der Waals surface area (Å²) in [6, 6.07) is 6.66. The highest BCUT2D eigenvalue weighted by molar-refractivity contribution is 5.59. The van der Waals surface area contributed by atoms with E-state index in [4.69, 9.17) is 10.00 Å². The molecule has 0 aromatic heterocycles. The summed E-state index contributed by atoms with van der Waals surface area (Å²) >= 11 is 0. The smallest absolute Gasteiger partial charge is 0.287 e. The summed E-state index contributed by atoms with van der Waals surface area (Å²) in [5, 5.41) is 23.1. The number of ether oxygens (including phenoxy) is 1. The van der Waals surface area contributed by atoms with Crippen molar-refractivity contribution in [2.24, 2.45) is 0 Å². The highest BCUT2D eigenvalue weighted by atomic mass is 16.6. The maximum Gasteiger partial charge on any atom is 0.287 e. The molecule has 2 rings (SSSR count). The highest BCUT2D eigenvalue weighted by Gasteiger charge is 2.24. The van der Waals surface area contributed by atoms with E-state index in [-0.39, 0.29) is 29.5 Å². The van der Waals surface area contributed by atoms with Crippen LogP contribution in [-0.4, -0.2) is 23.2 Å². The lowest BCUT2D eigenvalue weighted by molar-refractivity contribution is -0.385. The standard InChI is InChI=1S/C14H17N3O3/c1-9-5-13(6-10(2)20-9)16-12-3-4-14(17(18)19)11(7-12)8-15/h3-4,7,9-10,13,16H,5-6H2,1-2H3. The summed E-state index contributed by atoms with van der Waals surface area (Å²) in [4.78, 5) is 10.2. The fourth-order valence-corrected chi connectivity index (χ4v) is 2.63. The van der Waals surface area contributed by atoms with Gasteiger partial charge in [-0.05, 0) is 38.8 Å². The molecule has 0 radical (unpaired) electrons. The van der Waals surface area contributed by atoms with Crippen LogP contribution in [0.15, 0.2) is 18.2 Å². The van der Waals surface area contributed by atoms with Gasteiger partial charge in [-0.15, -0.1) is 0 Å². The van der Waals surface area contributed by atoms with Gasteiger partial charge in [-0.1, -0.05) is 0 Å². The van der Waals surface area contributed by atoms with E-state index in [0.29, 0.717) is 0 Å². The largest absolute Gasteiger partial charge is 0.382 e. The zero-order valence-corrected chi connectivity index (χ0v) is 11.5. The molecular weight excluding hydrogens is 258 g/mol. The van der Waals surface area contributed by atoms with Crippen molar-refractivity contribution in [3.05, 3.63) is 33.9 Å². The molecule has 106 valence electrons. The van der Waals surface area contributed by atoms with Gasteiger partial charge in [-0.2, -0.15) is 5.26 Å². The summed E-state index contributed by atoms with van der Waals surface area (Å²) in [5.41, 5.74) is 0.651. The average Bonchev–Trinajstić information content (AvgIpc) is 2.37. The molecule has 1 saturated heterocycles. The predicted octanol–water partition coefficient (Wildman–Crippen LogP) is 2.83. The lowest BCUT2D eigenvalue weighted by Crippen LogP contribution is -2.36. The number of rotatable bonds is 3. The Balaban J connectivity index is 2.14. The van der Waals surface area contributed by atoms with Crippen LogP contribution in [0.4, 0.5) is 11.4 Å². The minimum Gasteiger partial charge on any atom is -0.382 e. The van der Waals surface area contributed by atoms with Gasteiger partial charge in [0.1, 0.15) is 11.6 Å². The summed E-state index contributed by atoms with van der Waals surface area (Å²) in [6.45, 7) is 4.06. The summed E-state index contributed by atoms with van der Waals surface area (Å²) < 4.78 is 5.67. The first-order valence-electron chi connectivity index (χ1n) is 6.60. The maximum atomic E-state index is 10.8.